The fourth-order valence-corrected chi connectivity index (χ4v) is 2.55. The lowest BCUT2D eigenvalue weighted by atomic mass is 10.1. The average molecular weight is 330 g/mol. The largest absolute Gasteiger partial charge is 0.493 e. The van der Waals surface area contributed by atoms with Gasteiger partial charge < -0.3 is 24.8 Å². The number of anilines is 2. The first-order valence-electron chi connectivity index (χ1n) is 7.99. The highest BCUT2D eigenvalue weighted by Crippen LogP contribution is 2.31. The van der Waals surface area contributed by atoms with Crippen molar-refractivity contribution < 1.29 is 14.6 Å². The summed E-state index contributed by atoms with van der Waals surface area (Å²) in [5.74, 6) is 1.45. The van der Waals surface area contributed by atoms with Crippen LogP contribution >= 0.6 is 0 Å². The van der Waals surface area contributed by atoms with E-state index in [9.17, 15) is 0 Å². The zero-order valence-electron chi connectivity index (χ0n) is 14.7. The average Bonchev–Trinajstić information content (AvgIpc) is 2.61. The van der Waals surface area contributed by atoms with Gasteiger partial charge in [-0.3, -0.25) is 0 Å². The summed E-state index contributed by atoms with van der Waals surface area (Å²) in [6.45, 7) is 2.87. The maximum absolute atomic E-state index is 9.00. The van der Waals surface area contributed by atoms with Gasteiger partial charge in [0.1, 0.15) is 0 Å². The fraction of sp³-hybridized carbons (Fsp3) is 0.368. The lowest BCUT2D eigenvalue weighted by Gasteiger charge is -2.20. The molecule has 0 aromatic heterocycles. The molecule has 0 spiro atoms. The van der Waals surface area contributed by atoms with E-state index in [4.69, 9.17) is 14.6 Å². The van der Waals surface area contributed by atoms with Crippen molar-refractivity contribution in [3.63, 3.8) is 0 Å². The highest BCUT2D eigenvalue weighted by molar-refractivity contribution is 5.56. The maximum Gasteiger partial charge on any atom is 0.161 e. The third-order valence-corrected chi connectivity index (χ3v) is 4.03. The van der Waals surface area contributed by atoms with E-state index in [0.717, 1.165) is 28.4 Å². The van der Waals surface area contributed by atoms with E-state index in [1.165, 1.54) is 0 Å². The second kappa shape index (κ2) is 8.45. The number of benzene rings is 2. The second-order valence-electron chi connectivity index (χ2n) is 5.67. The molecule has 2 rings (SSSR count). The Labute approximate surface area is 143 Å². The van der Waals surface area contributed by atoms with E-state index >= 15 is 0 Å². The van der Waals surface area contributed by atoms with E-state index in [0.29, 0.717) is 6.54 Å². The molecule has 0 aliphatic heterocycles. The number of hydrogen-bond donors (Lipinski definition) is 2. The van der Waals surface area contributed by atoms with Crippen molar-refractivity contribution in [3.8, 4) is 11.5 Å². The van der Waals surface area contributed by atoms with E-state index in [1.807, 2.05) is 54.4 Å². The summed E-state index contributed by atoms with van der Waals surface area (Å²) < 4.78 is 10.6. The molecule has 0 saturated heterocycles. The summed E-state index contributed by atoms with van der Waals surface area (Å²) in [7, 11) is 5.24. The zero-order valence-corrected chi connectivity index (χ0v) is 14.7. The van der Waals surface area contributed by atoms with E-state index in [1.54, 1.807) is 14.2 Å². The van der Waals surface area contributed by atoms with Crippen LogP contribution in [0.25, 0.3) is 0 Å². The number of likely N-dealkylation sites (N-methyl/N-ethyl adjacent to an activating group) is 1. The van der Waals surface area contributed by atoms with Gasteiger partial charge in [0, 0.05) is 31.0 Å². The number of ether oxygens (including phenoxy) is 2. The number of hydrogen-bond acceptors (Lipinski definition) is 5. The van der Waals surface area contributed by atoms with Crippen LogP contribution in [-0.2, 0) is 0 Å². The van der Waals surface area contributed by atoms with Crippen LogP contribution in [0.4, 0.5) is 11.4 Å². The predicted molar refractivity (Wildman–Crippen MR) is 98.4 cm³/mol. The van der Waals surface area contributed by atoms with Gasteiger partial charge in [-0.1, -0.05) is 6.07 Å². The first kappa shape index (κ1) is 17.9. The van der Waals surface area contributed by atoms with Gasteiger partial charge in [0.2, 0.25) is 0 Å². The first-order chi connectivity index (χ1) is 11.6. The van der Waals surface area contributed by atoms with Gasteiger partial charge in [0.15, 0.2) is 11.5 Å². The predicted octanol–water partition coefficient (Wildman–Crippen LogP) is 3.31. The summed E-state index contributed by atoms with van der Waals surface area (Å²) in [5.41, 5.74) is 3.24. The Hall–Kier alpha value is -2.40. The molecule has 2 N–H and O–H groups in total. The van der Waals surface area contributed by atoms with E-state index < -0.39 is 0 Å². The molecule has 24 heavy (non-hydrogen) atoms. The summed E-state index contributed by atoms with van der Waals surface area (Å²) >= 11 is 0. The number of rotatable bonds is 8. The van der Waals surface area contributed by atoms with Crippen LogP contribution < -0.4 is 19.7 Å². The Balaban J connectivity index is 2.07. The normalized spacial score (nSPS) is 11.7. The van der Waals surface area contributed by atoms with Gasteiger partial charge in [-0.2, -0.15) is 0 Å². The fourth-order valence-electron chi connectivity index (χ4n) is 2.55. The van der Waals surface area contributed by atoms with Crippen molar-refractivity contribution in [1.82, 2.24) is 0 Å². The highest BCUT2D eigenvalue weighted by atomic mass is 16.5. The zero-order chi connectivity index (χ0) is 17.5. The van der Waals surface area contributed by atoms with Gasteiger partial charge >= 0.3 is 0 Å². The molecule has 0 bridgehead atoms. The minimum absolute atomic E-state index is 0.130. The first-order valence-corrected chi connectivity index (χ1v) is 7.99. The molecule has 0 heterocycles. The van der Waals surface area contributed by atoms with Crippen molar-refractivity contribution in [2.75, 3.05) is 44.6 Å². The number of methoxy groups -OCH3 is 2. The van der Waals surface area contributed by atoms with Crippen LogP contribution in [0.1, 0.15) is 18.5 Å². The van der Waals surface area contributed by atoms with Gasteiger partial charge in [-0.05, 0) is 48.9 Å². The van der Waals surface area contributed by atoms with Crippen LogP contribution in [0.3, 0.4) is 0 Å². The Bertz CT molecular complexity index is 644. The molecular formula is C19H26N2O3. The summed E-state index contributed by atoms with van der Waals surface area (Å²) in [6.07, 6.45) is 0. The smallest absolute Gasteiger partial charge is 0.161 e. The molecule has 5 nitrogen and oxygen atoms in total. The van der Waals surface area contributed by atoms with Gasteiger partial charge in [-0.15, -0.1) is 0 Å². The van der Waals surface area contributed by atoms with Crippen molar-refractivity contribution in [2.24, 2.45) is 0 Å². The maximum atomic E-state index is 9.00. The van der Waals surface area contributed by atoms with Crippen molar-refractivity contribution in [3.05, 3.63) is 48.0 Å². The quantitative estimate of drug-likeness (QED) is 0.778. The molecule has 0 amide bonds. The van der Waals surface area contributed by atoms with E-state index in [-0.39, 0.29) is 12.6 Å². The number of nitrogens with zero attached hydrogens (tertiary/aromatic N) is 1. The minimum Gasteiger partial charge on any atom is -0.493 e. The van der Waals surface area contributed by atoms with Crippen molar-refractivity contribution in [2.45, 2.75) is 13.0 Å². The monoisotopic (exact) mass is 330 g/mol. The topological polar surface area (TPSA) is 54.0 Å². The highest BCUT2D eigenvalue weighted by Gasteiger charge is 2.10. The van der Waals surface area contributed by atoms with Crippen molar-refractivity contribution in [1.29, 1.82) is 0 Å². The summed E-state index contributed by atoms with van der Waals surface area (Å²) in [5, 5.41) is 12.5. The van der Waals surface area contributed by atoms with Crippen LogP contribution in [0.5, 0.6) is 11.5 Å². The Morgan fingerprint density at radius 1 is 1.04 bits per heavy atom. The molecule has 2 aromatic rings. The molecule has 0 fully saturated rings. The van der Waals surface area contributed by atoms with E-state index in [2.05, 4.69) is 12.2 Å². The molecule has 1 unspecified atom stereocenters. The SMILES string of the molecule is COc1ccc(C(C)Nc2ccc(N(C)CCO)cc2)cc1OC. The lowest BCUT2D eigenvalue weighted by Crippen LogP contribution is -2.20. The number of nitrogens with one attached hydrogen (secondary N) is 1. The van der Waals surface area contributed by atoms with Gasteiger partial charge in [0.25, 0.3) is 0 Å². The third-order valence-electron chi connectivity index (χ3n) is 4.03. The second-order valence-corrected chi connectivity index (χ2v) is 5.67. The minimum atomic E-state index is 0.130. The molecule has 0 aliphatic rings. The molecule has 0 radical (unpaired) electrons. The Morgan fingerprint density at radius 2 is 1.71 bits per heavy atom. The molecular weight excluding hydrogens is 304 g/mol. The molecule has 130 valence electrons. The Kier molecular flexibility index (Phi) is 6.32. The molecule has 1 atom stereocenters. The van der Waals surface area contributed by atoms with Crippen LogP contribution in [0.15, 0.2) is 42.5 Å². The summed E-state index contributed by atoms with van der Waals surface area (Å²) in [4.78, 5) is 2.02. The molecule has 5 heteroatoms. The van der Waals surface area contributed by atoms with Crippen LogP contribution in [-0.4, -0.2) is 39.5 Å². The molecule has 0 saturated carbocycles. The number of aliphatic hydroxyl groups is 1. The van der Waals surface area contributed by atoms with Crippen LogP contribution in [0.2, 0.25) is 0 Å². The van der Waals surface area contributed by atoms with Crippen LogP contribution in [0, 0.1) is 0 Å². The third kappa shape index (κ3) is 4.32. The summed E-state index contributed by atoms with van der Waals surface area (Å²) in [6, 6.07) is 14.2. The molecule has 2 aromatic carbocycles. The van der Waals surface area contributed by atoms with Crippen molar-refractivity contribution >= 4 is 11.4 Å². The molecule has 0 aliphatic carbocycles. The standard InChI is InChI=1S/C19H26N2O3/c1-14(15-5-10-18(23-3)19(13-15)24-4)20-16-6-8-17(9-7-16)21(2)11-12-22/h5-10,13-14,20,22H,11-12H2,1-4H3. The van der Waals surface area contributed by atoms with Gasteiger partial charge in [0.05, 0.1) is 20.8 Å². The Morgan fingerprint density at radius 3 is 2.29 bits per heavy atom. The lowest BCUT2D eigenvalue weighted by molar-refractivity contribution is 0.304. The number of aliphatic hydroxyl groups excluding tert-OH is 1. The van der Waals surface area contributed by atoms with Gasteiger partial charge in [-0.25, -0.2) is 0 Å².